The molecule has 88 valence electrons. The number of hydrogen-bond acceptors (Lipinski definition) is 3. The molecule has 0 spiro atoms. The largest absolute Gasteiger partial charge is 0.451 e. The molecule has 0 aliphatic heterocycles. The first kappa shape index (κ1) is 11.0. The van der Waals surface area contributed by atoms with Crippen LogP contribution in [0.15, 0.2) is 17.1 Å². The first-order chi connectivity index (χ1) is 7.84. The quantitative estimate of drug-likeness (QED) is 0.812. The Hall–Kier alpha value is -1.52. The maximum absolute atomic E-state index is 11.5. The Morgan fingerprint density at radius 3 is 3.00 bits per heavy atom. The smallest absolute Gasteiger partial charge is 0.315 e. The molecule has 0 radical (unpaired) electrons. The number of rotatable bonds is 4. The molecule has 0 bridgehead atoms. The van der Waals surface area contributed by atoms with E-state index < -0.39 is 0 Å². The van der Waals surface area contributed by atoms with Crippen molar-refractivity contribution >= 4 is 6.03 Å². The lowest BCUT2D eigenvalue weighted by Crippen LogP contribution is -2.41. The van der Waals surface area contributed by atoms with Gasteiger partial charge < -0.3 is 15.1 Å². The summed E-state index contributed by atoms with van der Waals surface area (Å²) in [6, 6.07) is 0.294. The minimum absolute atomic E-state index is 0.0737. The summed E-state index contributed by atoms with van der Waals surface area (Å²) < 4.78 is 4.84. The summed E-state index contributed by atoms with van der Waals surface area (Å²) in [7, 11) is 0. The molecular weight excluding hydrogens is 206 g/mol. The van der Waals surface area contributed by atoms with Crippen LogP contribution in [-0.4, -0.2) is 23.6 Å². The summed E-state index contributed by atoms with van der Waals surface area (Å²) in [6.45, 7) is 0.588. The van der Waals surface area contributed by atoms with E-state index in [0.717, 1.165) is 18.5 Å². The highest BCUT2D eigenvalue weighted by molar-refractivity contribution is 5.74. The highest BCUT2D eigenvalue weighted by Gasteiger charge is 2.16. The standard InChI is InChI=1S/C11H17N3O2/c15-11(14-9-3-1-2-4-9)12-6-5-10-7-16-8-13-10/h7-9H,1-6H2,(H2,12,14,15). The number of hydrogen-bond donors (Lipinski definition) is 2. The van der Waals surface area contributed by atoms with Crippen LogP contribution < -0.4 is 10.6 Å². The molecule has 1 heterocycles. The lowest BCUT2D eigenvalue weighted by molar-refractivity contribution is 0.237. The van der Waals surface area contributed by atoms with Crippen molar-refractivity contribution in [1.82, 2.24) is 15.6 Å². The number of carbonyl (C=O) groups is 1. The van der Waals surface area contributed by atoms with Gasteiger partial charge in [0, 0.05) is 19.0 Å². The zero-order valence-corrected chi connectivity index (χ0v) is 9.24. The molecule has 1 saturated carbocycles. The van der Waals surface area contributed by atoms with Crippen LogP contribution in [0, 0.1) is 0 Å². The van der Waals surface area contributed by atoms with Crippen LogP contribution in [0.5, 0.6) is 0 Å². The number of nitrogens with one attached hydrogen (secondary N) is 2. The lowest BCUT2D eigenvalue weighted by atomic mass is 10.2. The summed E-state index contributed by atoms with van der Waals surface area (Å²) in [5, 5.41) is 5.78. The van der Waals surface area contributed by atoms with Crippen molar-refractivity contribution in [2.75, 3.05) is 6.54 Å². The zero-order valence-electron chi connectivity index (χ0n) is 9.24. The molecule has 0 atom stereocenters. The van der Waals surface area contributed by atoms with E-state index in [0.29, 0.717) is 19.0 Å². The van der Waals surface area contributed by atoms with Crippen molar-refractivity contribution in [2.45, 2.75) is 38.1 Å². The van der Waals surface area contributed by atoms with Gasteiger partial charge in [-0.25, -0.2) is 9.78 Å². The number of aromatic nitrogens is 1. The molecule has 1 fully saturated rings. The second kappa shape index (κ2) is 5.53. The van der Waals surface area contributed by atoms with Crippen LogP contribution in [0.2, 0.25) is 0 Å². The van der Waals surface area contributed by atoms with Crippen molar-refractivity contribution in [1.29, 1.82) is 0 Å². The van der Waals surface area contributed by atoms with Gasteiger partial charge in [-0.15, -0.1) is 0 Å². The fourth-order valence-corrected chi connectivity index (χ4v) is 1.97. The molecule has 0 aromatic carbocycles. The Labute approximate surface area is 94.6 Å². The third-order valence-electron chi connectivity index (χ3n) is 2.84. The van der Waals surface area contributed by atoms with Gasteiger partial charge in [0.05, 0.1) is 5.69 Å². The third kappa shape index (κ3) is 3.25. The lowest BCUT2D eigenvalue weighted by Gasteiger charge is -2.12. The highest BCUT2D eigenvalue weighted by Crippen LogP contribution is 2.17. The fourth-order valence-electron chi connectivity index (χ4n) is 1.97. The van der Waals surface area contributed by atoms with Gasteiger partial charge in [0.25, 0.3) is 0 Å². The minimum atomic E-state index is -0.0737. The van der Waals surface area contributed by atoms with Gasteiger partial charge in [0.1, 0.15) is 6.26 Å². The summed E-state index contributed by atoms with van der Waals surface area (Å²) in [4.78, 5) is 15.4. The van der Waals surface area contributed by atoms with Gasteiger partial charge in [-0.1, -0.05) is 12.8 Å². The molecule has 2 N–H and O–H groups in total. The summed E-state index contributed by atoms with van der Waals surface area (Å²) >= 11 is 0. The molecule has 5 nitrogen and oxygen atoms in total. The minimum Gasteiger partial charge on any atom is -0.451 e. The second-order valence-electron chi connectivity index (χ2n) is 4.11. The van der Waals surface area contributed by atoms with Crippen LogP contribution in [0.25, 0.3) is 0 Å². The van der Waals surface area contributed by atoms with Crippen molar-refractivity contribution < 1.29 is 9.21 Å². The van der Waals surface area contributed by atoms with E-state index in [-0.39, 0.29) is 6.03 Å². The molecule has 1 aliphatic carbocycles. The van der Waals surface area contributed by atoms with Crippen molar-refractivity contribution in [3.63, 3.8) is 0 Å². The Bertz CT molecular complexity index is 318. The van der Waals surface area contributed by atoms with Gasteiger partial charge >= 0.3 is 6.03 Å². The number of carbonyl (C=O) groups excluding carboxylic acids is 1. The van der Waals surface area contributed by atoms with E-state index in [1.54, 1.807) is 6.26 Å². The Morgan fingerprint density at radius 2 is 2.31 bits per heavy atom. The van der Waals surface area contributed by atoms with E-state index in [2.05, 4.69) is 15.6 Å². The fraction of sp³-hybridized carbons (Fsp3) is 0.636. The predicted molar refractivity (Wildman–Crippen MR) is 59.0 cm³/mol. The maximum atomic E-state index is 11.5. The van der Waals surface area contributed by atoms with Gasteiger partial charge in [-0.3, -0.25) is 0 Å². The first-order valence-electron chi connectivity index (χ1n) is 5.76. The SMILES string of the molecule is O=C(NCCc1cocn1)NC1CCCC1. The molecule has 2 rings (SSSR count). The van der Waals surface area contributed by atoms with Crippen LogP contribution in [-0.2, 0) is 6.42 Å². The monoisotopic (exact) mass is 223 g/mol. The summed E-state index contributed by atoms with van der Waals surface area (Å²) in [5.74, 6) is 0. The van der Waals surface area contributed by atoms with Crippen LogP contribution in [0.3, 0.4) is 0 Å². The predicted octanol–water partition coefficient (Wildman–Crippen LogP) is 1.46. The molecule has 5 heteroatoms. The first-order valence-corrected chi connectivity index (χ1v) is 5.76. The maximum Gasteiger partial charge on any atom is 0.315 e. The van der Waals surface area contributed by atoms with Crippen molar-refractivity contribution in [2.24, 2.45) is 0 Å². The summed E-state index contributed by atoms with van der Waals surface area (Å²) in [6.07, 6.45) is 8.36. The van der Waals surface area contributed by atoms with Gasteiger partial charge in [0.2, 0.25) is 0 Å². The molecule has 0 unspecified atom stereocenters. The molecule has 16 heavy (non-hydrogen) atoms. The van der Waals surface area contributed by atoms with E-state index in [9.17, 15) is 4.79 Å². The van der Waals surface area contributed by atoms with Gasteiger partial charge in [-0.05, 0) is 12.8 Å². The normalized spacial score (nSPS) is 16.2. The van der Waals surface area contributed by atoms with E-state index in [1.807, 2.05) is 0 Å². The van der Waals surface area contributed by atoms with E-state index in [4.69, 9.17) is 4.42 Å². The Kier molecular flexibility index (Phi) is 3.80. The number of oxazole rings is 1. The topological polar surface area (TPSA) is 67.2 Å². The number of nitrogens with zero attached hydrogens (tertiary/aromatic N) is 1. The molecule has 1 aromatic rings. The molecule has 1 aromatic heterocycles. The molecule has 0 saturated heterocycles. The number of urea groups is 1. The Morgan fingerprint density at radius 1 is 1.50 bits per heavy atom. The zero-order chi connectivity index (χ0) is 11.2. The average molecular weight is 223 g/mol. The Balaban J connectivity index is 1.60. The van der Waals surface area contributed by atoms with Crippen LogP contribution in [0.1, 0.15) is 31.4 Å². The van der Waals surface area contributed by atoms with Gasteiger partial charge in [-0.2, -0.15) is 0 Å². The number of amides is 2. The second-order valence-corrected chi connectivity index (χ2v) is 4.11. The highest BCUT2D eigenvalue weighted by atomic mass is 16.3. The van der Waals surface area contributed by atoms with E-state index in [1.165, 1.54) is 19.2 Å². The summed E-state index contributed by atoms with van der Waals surface area (Å²) in [5.41, 5.74) is 0.862. The van der Waals surface area contributed by atoms with Crippen molar-refractivity contribution in [3.8, 4) is 0 Å². The molecule has 2 amide bonds. The average Bonchev–Trinajstić information content (AvgIpc) is 2.90. The molecular formula is C11H17N3O2. The van der Waals surface area contributed by atoms with Crippen LogP contribution in [0.4, 0.5) is 4.79 Å². The van der Waals surface area contributed by atoms with E-state index >= 15 is 0 Å². The molecule has 1 aliphatic rings. The third-order valence-corrected chi connectivity index (χ3v) is 2.84. The van der Waals surface area contributed by atoms with Crippen molar-refractivity contribution in [3.05, 3.63) is 18.4 Å². The van der Waals surface area contributed by atoms with Crippen LogP contribution >= 0.6 is 0 Å². The van der Waals surface area contributed by atoms with Gasteiger partial charge in [0.15, 0.2) is 6.39 Å².